The van der Waals surface area contributed by atoms with Crippen molar-refractivity contribution in [2.75, 3.05) is 19.8 Å². The molecule has 7 heteroatoms. The van der Waals surface area contributed by atoms with Gasteiger partial charge in [0.05, 0.1) is 6.42 Å². The van der Waals surface area contributed by atoms with Gasteiger partial charge in [-0.1, -0.05) is 0 Å². The molecule has 3 amide bonds. The molecule has 0 unspecified atom stereocenters. The smallest absolute Gasteiger partial charge is 0.321 e. The predicted molar refractivity (Wildman–Crippen MR) is 66.6 cm³/mol. The molecule has 0 radical (unpaired) electrons. The van der Waals surface area contributed by atoms with Crippen LogP contribution in [0, 0.1) is 5.92 Å². The van der Waals surface area contributed by atoms with E-state index in [0.717, 1.165) is 12.5 Å². The number of ether oxygens (including phenoxy) is 1. The van der Waals surface area contributed by atoms with Crippen LogP contribution in [0.2, 0.25) is 0 Å². The van der Waals surface area contributed by atoms with Crippen molar-refractivity contribution in [3.05, 3.63) is 0 Å². The van der Waals surface area contributed by atoms with Crippen molar-refractivity contribution in [2.24, 2.45) is 5.92 Å². The first-order valence-electron chi connectivity index (χ1n) is 6.45. The molecule has 0 atom stereocenters. The molecule has 0 saturated heterocycles. The zero-order chi connectivity index (χ0) is 14.1. The topological polar surface area (TPSA) is 105 Å². The Hall–Kier alpha value is -1.63. The van der Waals surface area contributed by atoms with Gasteiger partial charge in [0, 0.05) is 26.2 Å². The van der Waals surface area contributed by atoms with E-state index >= 15 is 0 Å². The lowest BCUT2D eigenvalue weighted by Gasteiger charge is -2.06. The molecule has 0 aliphatic heterocycles. The first-order valence-corrected chi connectivity index (χ1v) is 6.45. The molecule has 108 valence electrons. The number of amides is 3. The molecule has 3 N–H and O–H groups in total. The summed E-state index contributed by atoms with van der Waals surface area (Å²) in [5.74, 6) is -0.934. The number of carboxylic acid groups (broad SMARTS) is 1. The molecule has 0 aromatic rings. The van der Waals surface area contributed by atoms with Gasteiger partial charge in [-0.3, -0.25) is 14.9 Å². The maximum Gasteiger partial charge on any atom is 0.321 e. The lowest BCUT2D eigenvalue weighted by molar-refractivity contribution is -0.138. The third-order valence-electron chi connectivity index (χ3n) is 2.62. The number of rotatable bonds is 9. The molecule has 0 heterocycles. The zero-order valence-electron chi connectivity index (χ0n) is 10.8. The normalized spacial score (nSPS) is 13.9. The number of nitrogens with one attached hydrogen (secondary N) is 2. The molecule has 1 aliphatic rings. The van der Waals surface area contributed by atoms with Crippen LogP contribution in [-0.2, 0) is 14.3 Å². The number of carboxylic acids is 1. The van der Waals surface area contributed by atoms with Crippen molar-refractivity contribution >= 4 is 17.9 Å². The van der Waals surface area contributed by atoms with Crippen molar-refractivity contribution in [3.8, 4) is 0 Å². The number of carbonyl (C=O) groups excluding carboxylic acids is 2. The standard InChI is InChI=1S/C12H20N2O5/c15-10(4-5-11(16)17)14-12(18)13-6-1-7-19-8-9-2-3-9/h9H,1-8H2,(H,16,17)(H2,13,14,15,18). The first kappa shape index (κ1) is 15.4. The van der Waals surface area contributed by atoms with Crippen LogP contribution in [0.4, 0.5) is 4.79 Å². The van der Waals surface area contributed by atoms with Gasteiger partial charge in [0.1, 0.15) is 0 Å². The van der Waals surface area contributed by atoms with E-state index in [-0.39, 0.29) is 12.8 Å². The highest BCUT2D eigenvalue weighted by molar-refractivity contribution is 5.95. The SMILES string of the molecule is O=C(O)CCC(=O)NC(=O)NCCCOCC1CC1. The summed E-state index contributed by atoms with van der Waals surface area (Å²) in [5.41, 5.74) is 0. The third-order valence-corrected chi connectivity index (χ3v) is 2.62. The van der Waals surface area contributed by atoms with Crippen LogP contribution in [0.5, 0.6) is 0 Å². The molecule has 0 spiro atoms. The van der Waals surface area contributed by atoms with Gasteiger partial charge in [0.25, 0.3) is 0 Å². The van der Waals surface area contributed by atoms with Gasteiger partial charge in [0.2, 0.25) is 5.91 Å². The van der Waals surface area contributed by atoms with Crippen molar-refractivity contribution in [3.63, 3.8) is 0 Å². The molecule has 1 aliphatic carbocycles. The monoisotopic (exact) mass is 272 g/mol. The fraction of sp³-hybridized carbons (Fsp3) is 0.750. The van der Waals surface area contributed by atoms with Gasteiger partial charge in [-0.25, -0.2) is 4.79 Å². The van der Waals surface area contributed by atoms with Crippen molar-refractivity contribution in [1.29, 1.82) is 0 Å². The molecule has 0 aromatic carbocycles. The summed E-state index contributed by atoms with van der Waals surface area (Å²) in [6.45, 7) is 1.80. The lowest BCUT2D eigenvalue weighted by atomic mass is 10.3. The maximum atomic E-state index is 11.2. The first-order chi connectivity index (χ1) is 9.08. The number of carbonyl (C=O) groups is 3. The van der Waals surface area contributed by atoms with Gasteiger partial charge in [-0.15, -0.1) is 0 Å². The molecular weight excluding hydrogens is 252 g/mol. The molecule has 1 rings (SSSR count). The van der Waals surface area contributed by atoms with Gasteiger partial charge in [0.15, 0.2) is 0 Å². The Kier molecular flexibility index (Phi) is 6.88. The maximum absolute atomic E-state index is 11.2. The Balaban J connectivity index is 1.91. The summed E-state index contributed by atoms with van der Waals surface area (Å²) in [4.78, 5) is 32.6. The Morgan fingerprint density at radius 2 is 1.95 bits per heavy atom. The van der Waals surface area contributed by atoms with Gasteiger partial charge in [-0.05, 0) is 25.2 Å². The van der Waals surface area contributed by atoms with Crippen LogP contribution in [-0.4, -0.2) is 42.8 Å². The van der Waals surface area contributed by atoms with Crippen LogP contribution in [0.3, 0.4) is 0 Å². The summed E-state index contributed by atoms with van der Waals surface area (Å²) in [6, 6.07) is -0.599. The third kappa shape index (κ3) is 9.01. The Bertz CT molecular complexity index is 328. The van der Waals surface area contributed by atoms with Crippen molar-refractivity contribution in [2.45, 2.75) is 32.1 Å². The van der Waals surface area contributed by atoms with Gasteiger partial charge < -0.3 is 15.2 Å². The zero-order valence-corrected chi connectivity index (χ0v) is 10.8. The van der Waals surface area contributed by atoms with E-state index in [1.165, 1.54) is 12.8 Å². The lowest BCUT2D eigenvalue weighted by Crippen LogP contribution is -2.40. The van der Waals surface area contributed by atoms with Crippen LogP contribution in [0.25, 0.3) is 0 Å². The molecule has 1 saturated carbocycles. The van der Waals surface area contributed by atoms with E-state index in [0.29, 0.717) is 19.6 Å². The molecule has 19 heavy (non-hydrogen) atoms. The van der Waals surface area contributed by atoms with Crippen molar-refractivity contribution < 1.29 is 24.2 Å². The largest absolute Gasteiger partial charge is 0.481 e. The number of hydrogen-bond donors (Lipinski definition) is 3. The fourth-order valence-electron chi connectivity index (χ4n) is 1.36. The molecular formula is C12H20N2O5. The number of aliphatic carboxylic acids is 1. The van der Waals surface area contributed by atoms with Gasteiger partial charge in [-0.2, -0.15) is 0 Å². The Morgan fingerprint density at radius 1 is 1.21 bits per heavy atom. The minimum Gasteiger partial charge on any atom is -0.481 e. The van der Waals surface area contributed by atoms with E-state index < -0.39 is 17.9 Å². The van der Waals surface area contributed by atoms with E-state index in [2.05, 4.69) is 10.6 Å². The number of imide groups is 1. The Morgan fingerprint density at radius 3 is 2.58 bits per heavy atom. The minimum absolute atomic E-state index is 0.201. The van der Waals surface area contributed by atoms with Crippen LogP contribution in [0.15, 0.2) is 0 Å². The highest BCUT2D eigenvalue weighted by Crippen LogP contribution is 2.28. The highest BCUT2D eigenvalue weighted by Gasteiger charge is 2.20. The molecule has 0 aromatic heterocycles. The molecule has 0 bridgehead atoms. The number of hydrogen-bond acceptors (Lipinski definition) is 4. The minimum atomic E-state index is -1.07. The summed E-state index contributed by atoms with van der Waals surface area (Å²) < 4.78 is 5.38. The second kappa shape index (κ2) is 8.47. The molecule has 7 nitrogen and oxygen atoms in total. The summed E-state index contributed by atoms with van der Waals surface area (Å²) in [7, 11) is 0. The fourth-order valence-corrected chi connectivity index (χ4v) is 1.36. The summed E-state index contributed by atoms with van der Waals surface area (Å²) in [5, 5.41) is 12.9. The van der Waals surface area contributed by atoms with Crippen molar-refractivity contribution in [1.82, 2.24) is 10.6 Å². The predicted octanol–water partition coefficient (Wildman–Crippen LogP) is 0.494. The highest BCUT2D eigenvalue weighted by atomic mass is 16.5. The average Bonchev–Trinajstić information content (AvgIpc) is 3.15. The van der Waals surface area contributed by atoms with Crippen LogP contribution < -0.4 is 10.6 Å². The second-order valence-corrected chi connectivity index (χ2v) is 4.57. The second-order valence-electron chi connectivity index (χ2n) is 4.57. The summed E-state index contributed by atoms with van der Waals surface area (Å²) >= 11 is 0. The average molecular weight is 272 g/mol. The summed E-state index contributed by atoms with van der Waals surface area (Å²) in [6.07, 6.45) is 2.70. The van der Waals surface area contributed by atoms with E-state index in [4.69, 9.17) is 9.84 Å². The van der Waals surface area contributed by atoms with E-state index in [9.17, 15) is 14.4 Å². The van der Waals surface area contributed by atoms with Crippen LogP contribution in [0.1, 0.15) is 32.1 Å². The van der Waals surface area contributed by atoms with E-state index in [1.54, 1.807) is 0 Å². The van der Waals surface area contributed by atoms with E-state index in [1.807, 2.05) is 0 Å². The molecule has 1 fully saturated rings. The Labute approximate surface area is 111 Å². The van der Waals surface area contributed by atoms with Gasteiger partial charge >= 0.3 is 12.0 Å². The quantitative estimate of drug-likeness (QED) is 0.530. The van der Waals surface area contributed by atoms with Crippen LogP contribution >= 0.6 is 0 Å². The number of urea groups is 1.